The van der Waals surface area contributed by atoms with Crippen LogP contribution in [0.15, 0.2) is 0 Å². The Labute approximate surface area is 81.9 Å². The lowest BCUT2D eigenvalue weighted by Gasteiger charge is -2.35. The Morgan fingerprint density at radius 2 is 2.00 bits per heavy atom. The number of piperidine rings is 1. The molecule has 2 aliphatic heterocycles. The minimum Gasteiger partial charge on any atom is -0.480 e. The Kier molecular flexibility index (Phi) is 2.19. The second kappa shape index (κ2) is 3.24. The van der Waals surface area contributed by atoms with Gasteiger partial charge in [0, 0.05) is 6.04 Å². The lowest BCUT2D eigenvalue weighted by atomic mass is 9.99. The van der Waals surface area contributed by atoms with Crippen LogP contribution < -0.4 is 5.73 Å². The zero-order chi connectivity index (χ0) is 10.3. The average molecular weight is 198 g/mol. The number of hydrogen-bond acceptors (Lipinski definition) is 3. The van der Waals surface area contributed by atoms with E-state index >= 15 is 0 Å². The molecule has 0 aromatic heterocycles. The maximum atomic E-state index is 11.7. The zero-order valence-electron chi connectivity index (χ0n) is 7.85. The van der Waals surface area contributed by atoms with Crippen LogP contribution in [0.3, 0.4) is 0 Å². The first-order chi connectivity index (χ1) is 6.61. The van der Waals surface area contributed by atoms with Crippen molar-refractivity contribution in [1.82, 2.24) is 4.90 Å². The molecule has 1 amide bonds. The Hall–Kier alpha value is -1.10. The summed E-state index contributed by atoms with van der Waals surface area (Å²) < 4.78 is 0. The molecule has 0 aromatic carbocycles. The van der Waals surface area contributed by atoms with E-state index in [0.717, 1.165) is 12.8 Å². The molecule has 3 N–H and O–H groups in total. The van der Waals surface area contributed by atoms with Gasteiger partial charge >= 0.3 is 5.97 Å². The molecule has 0 aromatic rings. The molecule has 0 radical (unpaired) electrons. The molecule has 0 spiro atoms. The van der Waals surface area contributed by atoms with E-state index < -0.39 is 18.1 Å². The van der Waals surface area contributed by atoms with Crippen molar-refractivity contribution in [3.8, 4) is 0 Å². The van der Waals surface area contributed by atoms with Crippen LogP contribution in [0.2, 0.25) is 0 Å². The highest BCUT2D eigenvalue weighted by Crippen LogP contribution is 2.31. The van der Waals surface area contributed by atoms with Crippen LogP contribution >= 0.6 is 0 Å². The van der Waals surface area contributed by atoms with E-state index in [1.165, 1.54) is 4.90 Å². The number of nitrogens with zero attached hydrogens (tertiary/aromatic N) is 1. The molecular weight excluding hydrogens is 184 g/mol. The smallest absolute Gasteiger partial charge is 0.326 e. The number of rotatable bonds is 1. The Bertz CT molecular complexity index is 279. The molecular formula is C9H14N2O3. The maximum absolute atomic E-state index is 11.7. The quantitative estimate of drug-likeness (QED) is 0.597. The summed E-state index contributed by atoms with van der Waals surface area (Å²) in [6.07, 6.45) is 2.90. The van der Waals surface area contributed by atoms with Gasteiger partial charge in [0.05, 0.1) is 6.04 Å². The van der Waals surface area contributed by atoms with E-state index in [9.17, 15) is 9.59 Å². The predicted octanol–water partition coefficient (Wildman–Crippen LogP) is -0.448. The molecule has 2 rings (SSSR count). The van der Waals surface area contributed by atoms with Crippen LogP contribution in [-0.2, 0) is 9.59 Å². The molecule has 0 unspecified atom stereocenters. The monoisotopic (exact) mass is 198 g/mol. The number of carbonyl (C=O) groups is 2. The Morgan fingerprint density at radius 1 is 1.36 bits per heavy atom. The highest BCUT2D eigenvalue weighted by atomic mass is 16.4. The fourth-order valence-electron chi connectivity index (χ4n) is 2.43. The van der Waals surface area contributed by atoms with E-state index in [2.05, 4.69) is 0 Å². The molecule has 2 saturated heterocycles. The van der Waals surface area contributed by atoms with E-state index in [0.29, 0.717) is 12.8 Å². The number of carboxylic acid groups (broad SMARTS) is 1. The summed E-state index contributed by atoms with van der Waals surface area (Å²) in [6, 6.07) is -1.02. The maximum Gasteiger partial charge on any atom is 0.326 e. The molecule has 2 heterocycles. The normalized spacial score (nSPS) is 37.1. The molecule has 0 aliphatic carbocycles. The fourth-order valence-corrected chi connectivity index (χ4v) is 2.43. The summed E-state index contributed by atoms with van der Waals surface area (Å²) in [4.78, 5) is 24.0. The topological polar surface area (TPSA) is 83.6 Å². The van der Waals surface area contributed by atoms with Crippen LogP contribution in [0.1, 0.15) is 25.7 Å². The zero-order valence-corrected chi connectivity index (χ0v) is 7.85. The average Bonchev–Trinajstić information content (AvgIpc) is 2.55. The molecule has 5 nitrogen and oxygen atoms in total. The first-order valence-electron chi connectivity index (χ1n) is 4.92. The van der Waals surface area contributed by atoms with Gasteiger partial charge < -0.3 is 15.7 Å². The Balaban J connectivity index is 2.20. The second-order valence-electron chi connectivity index (χ2n) is 4.01. The minimum atomic E-state index is -0.907. The van der Waals surface area contributed by atoms with Gasteiger partial charge in [-0.2, -0.15) is 0 Å². The molecule has 5 heteroatoms. The molecule has 0 bridgehead atoms. The summed E-state index contributed by atoms with van der Waals surface area (Å²) in [5, 5.41) is 8.92. The van der Waals surface area contributed by atoms with E-state index in [4.69, 9.17) is 10.8 Å². The highest BCUT2D eigenvalue weighted by Gasteiger charge is 2.44. The van der Waals surface area contributed by atoms with Crippen LogP contribution in [0.25, 0.3) is 0 Å². The van der Waals surface area contributed by atoms with Gasteiger partial charge in [-0.05, 0) is 25.7 Å². The van der Waals surface area contributed by atoms with Gasteiger partial charge in [0.25, 0.3) is 0 Å². The third-order valence-corrected chi connectivity index (χ3v) is 3.17. The fraction of sp³-hybridized carbons (Fsp3) is 0.778. The standard InChI is InChI=1S/C9H14N2O3/c10-6-3-1-5-2-4-7(9(13)14)11(5)8(6)12/h5-7H,1-4,10H2,(H,13,14)/t5-,6+,7-/m1/s1. The minimum absolute atomic E-state index is 0.114. The predicted molar refractivity (Wildman–Crippen MR) is 48.5 cm³/mol. The van der Waals surface area contributed by atoms with Crippen molar-refractivity contribution in [2.24, 2.45) is 5.73 Å². The summed E-state index contributed by atoms with van der Waals surface area (Å²) in [6.45, 7) is 0. The first-order valence-corrected chi connectivity index (χ1v) is 4.92. The third kappa shape index (κ3) is 1.28. The van der Waals surface area contributed by atoms with E-state index in [1.54, 1.807) is 0 Å². The van der Waals surface area contributed by atoms with Crippen LogP contribution in [0, 0.1) is 0 Å². The number of nitrogens with two attached hydrogens (primary N) is 1. The number of aliphatic carboxylic acids is 1. The molecule has 3 atom stereocenters. The van der Waals surface area contributed by atoms with Crippen LogP contribution in [0.5, 0.6) is 0 Å². The van der Waals surface area contributed by atoms with Crippen LogP contribution in [0.4, 0.5) is 0 Å². The molecule has 2 aliphatic rings. The molecule has 14 heavy (non-hydrogen) atoms. The summed E-state index contributed by atoms with van der Waals surface area (Å²) in [5.74, 6) is -1.10. The first kappa shape index (κ1) is 9.45. The van der Waals surface area contributed by atoms with Gasteiger partial charge in [-0.3, -0.25) is 4.79 Å². The van der Waals surface area contributed by atoms with Crippen molar-refractivity contribution in [3.05, 3.63) is 0 Å². The number of carbonyl (C=O) groups excluding carboxylic acids is 1. The van der Waals surface area contributed by atoms with Gasteiger partial charge in [0.2, 0.25) is 5.91 Å². The van der Waals surface area contributed by atoms with Crippen molar-refractivity contribution < 1.29 is 14.7 Å². The van der Waals surface area contributed by atoms with Gasteiger partial charge in [-0.25, -0.2) is 4.79 Å². The number of hydrogen-bond donors (Lipinski definition) is 2. The van der Waals surface area contributed by atoms with Gasteiger partial charge in [-0.1, -0.05) is 0 Å². The van der Waals surface area contributed by atoms with Crippen molar-refractivity contribution >= 4 is 11.9 Å². The summed E-state index contributed by atoms with van der Waals surface area (Å²) >= 11 is 0. The van der Waals surface area contributed by atoms with Gasteiger partial charge in [0.15, 0.2) is 0 Å². The van der Waals surface area contributed by atoms with Crippen molar-refractivity contribution in [1.29, 1.82) is 0 Å². The highest BCUT2D eigenvalue weighted by molar-refractivity contribution is 5.88. The van der Waals surface area contributed by atoms with Crippen molar-refractivity contribution in [3.63, 3.8) is 0 Å². The van der Waals surface area contributed by atoms with Gasteiger partial charge in [0.1, 0.15) is 6.04 Å². The molecule has 78 valence electrons. The number of carboxylic acids is 1. The summed E-state index contributed by atoms with van der Waals surface area (Å²) in [7, 11) is 0. The molecule has 2 fully saturated rings. The van der Waals surface area contributed by atoms with Crippen LogP contribution in [-0.4, -0.2) is 40.0 Å². The lowest BCUT2D eigenvalue weighted by molar-refractivity contribution is -0.151. The van der Waals surface area contributed by atoms with Gasteiger partial charge in [-0.15, -0.1) is 0 Å². The van der Waals surface area contributed by atoms with E-state index in [1.807, 2.05) is 0 Å². The number of fused-ring (bicyclic) bond motifs is 1. The van der Waals surface area contributed by atoms with E-state index in [-0.39, 0.29) is 11.9 Å². The summed E-state index contributed by atoms with van der Waals surface area (Å²) in [5.41, 5.74) is 5.61. The molecule has 0 saturated carbocycles. The SMILES string of the molecule is N[C@H]1CC[C@@H]2CC[C@H](C(=O)O)N2C1=O. The van der Waals surface area contributed by atoms with Crippen molar-refractivity contribution in [2.75, 3.05) is 0 Å². The number of amides is 1. The Morgan fingerprint density at radius 3 is 2.64 bits per heavy atom. The third-order valence-electron chi connectivity index (χ3n) is 3.17. The lowest BCUT2D eigenvalue weighted by Crippen LogP contribution is -2.55. The largest absolute Gasteiger partial charge is 0.480 e. The second-order valence-corrected chi connectivity index (χ2v) is 4.01. The van der Waals surface area contributed by atoms with Crippen molar-refractivity contribution in [2.45, 2.75) is 43.8 Å².